The average molecular weight is 642 g/mol. The molecule has 8 nitrogen and oxygen atoms in total. The van der Waals surface area contributed by atoms with Crippen molar-refractivity contribution in [2.75, 3.05) is 26.4 Å². The first-order chi connectivity index (χ1) is 22.4. The van der Waals surface area contributed by atoms with Gasteiger partial charge in [-0.25, -0.2) is 9.59 Å². The lowest BCUT2D eigenvalue weighted by Gasteiger charge is -2.07. The quantitative estimate of drug-likeness (QED) is 0.0429. The largest absolute Gasteiger partial charge is 0.494 e. The van der Waals surface area contributed by atoms with Gasteiger partial charge in [-0.3, -0.25) is 9.79 Å². The Bertz CT molecular complexity index is 1510. The normalized spacial score (nSPS) is 10.9. The van der Waals surface area contributed by atoms with Crippen LogP contribution in [0.1, 0.15) is 42.4 Å². The standard InChI is InChI=1S/C37H39NO7S/c1-4-35(39)44-24-8-6-22-42-31-15-10-29(11-16-31)14-21-37(41)46-33-19-20-34(28(3)26-33)38-27-30-12-17-32(18-13-30)43-23-7-9-25-45-36(40)5-2/h4-5,10-21,26-27H,1-2,6-9,22-25H2,3H3. The van der Waals surface area contributed by atoms with Crippen molar-refractivity contribution in [3.8, 4) is 11.5 Å². The molecule has 3 aromatic rings. The molecule has 0 fully saturated rings. The van der Waals surface area contributed by atoms with E-state index in [2.05, 4.69) is 18.2 Å². The molecule has 240 valence electrons. The van der Waals surface area contributed by atoms with Gasteiger partial charge in [-0.05, 0) is 122 Å². The van der Waals surface area contributed by atoms with Gasteiger partial charge in [0.05, 0.1) is 32.1 Å². The summed E-state index contributed by atoms with van der Waals surface area (Å²) in [5.74, 6) is 0.666. The van der Waals surface area contributed by atoms with Crippen molar-refractivity contribution in [3.63, 3.8) is 0 Å². The van der Waals surface area contributed by atoms with Gasteiger partial charge in [-0.1, -0.05) is 31.4 Å². The minimum Gasteiger partial charge on any atom is -0.494 e. The van der Waals surface area contributed by atoms with E-state index >= 15 is 0 Å². The number of rotatable bonds is 19. The van der Waals surface area contributed by atoms with Crippen molar-refractivity contribution in [3.05, 3.63) is 115 Å². The predicted octanol–water partition coefficient (Wildman–Crippen LogP) is 7.85. The number of benzene rings is 3. The van der Waals surface area contributed by atoms with E-state index in [1.165, 1.54) is 0 Å². The Hall–Kier alpha value is -4.89. The van der Waals surface area contributed by atoms with Gasteiger partial charge in [-0.15, -0.1) is 0 Å². The number of nitrogens with zero attached hydrogens (tertiary/aromatic N) is 1. The molecule has 0 radical (unpaired) electrons. The fourth-order valence-electron chi connectivity index (χ4n) is 3.87. The third-order valence-electron chi connectivity index (χ3n) is 6.35. The third kappa shape index (κ3) is 13.8. The molecule has 0 heterocycles. The predicted molar refractivity (Wildman–Crippen MR) is 183 cm³/mol. The van der Waals surface area contributed by atoms with Crippen LogP contribution < -0.4 is 9.47 Å². The van der Waals surface area contributed by atoms with Crippen LogP contribution in [-0.2, 0) is 23.9 Å². The van der Waals surface area contributed by atoms with Crippen LogP contribution in [-0.4, -0.2) is 49.7 Å². The van der Waals surface area contributed by atoms with Crippen molar-refractivity contribution < 1.29 is 33.3 Å². The molecular weight excluding hydrogens is 602 g/mol. The lowest BCUT2D eigenvalue weighted by atomic mass is 10.2. The smallest absolute Gasteiger partial charge is 0.330 e. The van der Waals surface area contributed by atoms with E-state index in [-0.39, 0.29) is 5.12 Å². The molecule has 0 unspecified atom stereocenters. The van der Waals surface area contributed by atoms with Crippen LogP contribution in [0, 0.1) is 6.92 Å². The van der Waals surface area contributed by atoms with Gasteiger partial charge < -0.3 is 18.9 Å². The molecule has 3 rings (SSSR count). The number of unbranched alkanes of at least 4 members (excludes halogenated alkanes) is 2. The maximum absolute atomic E-state index is 12.6. The van der Waals surface area contributed by atoms with Gasteiger partial charge >= 0.3 is 11.9 Å². The molecule has 0 atom stereocenters. The number of thioether (sulfide) groups is 1. The van der Waals surface area contributed by atoms with Crippen LogP contribution in [0.5, 0.6) is 11.5 Å². The van der Waals surface area contributed by atoms with E-state index in [0.717, 1.165) is 81.9 Å². The summed E-state index contributed by atoms with van der Waals surface area (Å²) in [6.07, 6.45) is 10.4. The van der Waals surface area contributed by atoms with Crippen LogP contribution in [0.15, 0.2) is 108 Å². The second kappa shape index (κ2) is 20.2. The summed E-state index contributed by atoms with van der Waals surface area (Å²) in [6.45, 7) is 10.4. The number of ether oxygens (including phenoxy) is 4. The number of aliphatic imine (C=N–C) groups is 1. The first-order valence-electron chi connectivity index (χ1n) is 14.9. The Kier molecular flexibility index (Phi) is 15.6. The van der Waals surface area contributed by atoms with Gasteiger partial charge in [-0.2, -0.15) is 0 Å². The first kappa shape index (κ1) is 35.6. The fourth-order valence-corrected chi connectivity index (χ4v) is 4.61. The molecule has 0 saturated heterocycles. The van der Waals surface area contributed by atoms with Crippen LogP contribution in [0.4, 0.5) is 5.69 Å². The molecular formula is C37H39NO7S. The highest BCUT2D eigenvalue weighted by molar-refractivity contribution is 8.14. The molecule has 46 heavy (non-hydrogen) atoms. The zero-order valence-electron chi connectivity index (χ0n) is 26.0. The minimum atomic E-state index is -0.418. The number of hydrogen-bond donors (Lipinski definition) is 0. The lowest BCUT2D eigenvalue weighted by molar-refractivity contribution is -0.138. The van der Waals surface area contributed by atoms with Gasteiger partial charge in [0.1, 0.15) is 11.5 Å². The number of hydrogen-bond acceptors (Lipinski definition) is 9. The van der Waals surface area contributed by atoms with Gasteiger partial charge in [0.25, 0.3) is 0 Å². The molecule has 3 aromatic carbocycles. The Morgan fingerprint density at radius 1 is 0.717 bits per heavy atom. The molecule has 0 bridgehead atoms. The number of esters is 2. The van der Waals surface area contributed by atoms with Crippen molar-refractivity contribution in [2.24, 2.45) is 4.99 Å². The van der Waals surface area contributed by atoms with Crippen molar-refractivity contribution in [1.29, 1.82) is 0 Å². The second-order valence-corrected chi connectivity index (χ2v) is 11.0. The van der Waals surface area contributed by atoms with E-state index < -0.39 is 11.9 Å². The Labute approximate surface area is 274 Å². The fraction of sp³-hybridized carbons (Fsp3) is 0.243. The van der Waals surface area contributed by atoms with Crippen molar-refractivity contribution in [1.82, 2.24) is 0 Å². The summed E-state index contributed by atoms with van der Waals surface area (Å²) < 4.78 is 21.3. The molecule has 0 aliphatic carbocycles. The summed E-state index contributed by atoms with van der Waals surface area (Å²) in [7, 11) is 0. The molecule has 0 N–H and O–H groups in total. The number of carbonyl (C=O) groups is 3. The van der Waals surface area contributed by atoms with Crippen LogP contribution in [0.2, 0.25) is 0 Å². The molecule has 0 aliphatic heterocycles. The second-order valence-electron chi connectivity index (χ2n) is 9.95. The van der Waals surface area contributed by atoms with Crippen LogP contribution in [0.3, 0.4) is 0 Å². The molecule has 0 amide bonds. The topological polar surface area (TPSA) is 100 Å². The Morgan fingerprint density at radius 3 is 1.76 bits per heavy atom. The zero-order chi connectivity index (χ0) is 33.0. The molecule has 9 heteroatoms. The summed E-state index contributed by atoms with van der Waals surface area (Å²) in [6, 6.07) is 20.9. The Balaban J connectivity index is 1.39. The molecule has 0 aliphatic rings. The highest BCUT2D eigenvalue weighted by Gasteiger charge is 2.05. The SMILES string of the molecule is C=CC(=O)OCCCCOc1ccc(C=CC(=O)Sc2ccc(N=Cc3ccc(OCCCCOC(=O)C=C)cc3)c(C)c2)cc1. The average Bonchev–Trinajstić information content (AvgIpc) is 3.07. The van der Waals surface area contributed by atoms with Gasteiger partial charge in [0, 0.05) is 23.3 Å². The van der Waals surface area contributed by atoms with E-state index in [9.17, 15) is 14.4 Å². The van der Waals surface area contributed by atoms with Gasteiger partial charge in [0.2, 0.25) is 5.12 Å². The highest BCUT2D eigenvalue weighted by Crippen LogP contribution is 2.27. The Morgan fingerprint density at radius 2 is 1.24 bits per heavy atom. The summed E-state index contributed by atoms with van der Waals surface area (Å²) in [4.78, 5) is 40.1. The number of aryl methyl sites for hydroxylation is 1. The van der Waals surface area contributed by atoms with E-state index in [4.69, 9.17) is 18.9 Å². The molecule has 0 aromatic heterocycles. The lowest BCUT2D eigenvalue weighted by Crippen LogP contribution is -2.04. The van der Waals surface area contributed by atoms with E-state index in [1.54, 1.807) is 18.4 Å². The summed E-state index contributed by atoms with van der Waals surface area (Å²) in [5, 5.41) is -0.0772. The van der Waals surface area contributed by atoms with Crippen molar-refractivity contribution >= 4 is 46.8 Å². The zero-order valence-corrected chi connectivity index (χ0v) is 26.8. The maximum atomic E-state index is 12.6. The van der Waals surface area contributed by atoms with E-state index in [0.29, 0.717) is 32.8 Å². The van der Waals surface area contributed by atoms with E-state index in [1.807, 2.05) is 73.7 Å². The van der Waals surface area contributed by atoms with Crippen LogP contribution in [0.25, 0.3) is 6.08 Å². The number of carbonyl (C=O) groups excluding carboxylic acids is 3. The minimum absolute atomic E-state index is 0.0772. The first-order valence-corrected chi connectivity index (χ1v) is 15.8. The molecule has 0 spiro atoms. The van der Waals surface area contributed by atoms with Crippen molar-refractivity contribution in [2.45, 2.75) is 37.5 Å². The third-order valence-corrected chi connectivity index (χ3v) is 7.18. The summed E-state index contributed by atoms with van der Waals surface area (Å²) in [5.41, 5.74) is 3.61. The summed E-state index contributed by atoms with van der Waals surface area (Å²) >= 11 is 1.16. The monoisotopic (exact) mass is 641 g/mol. The maximum Gasteiger partial charge on any atom is 0.330 e. The molecule has 0 saturated carbocycles. The van der Waals surface area contributed by atoms with Gasteiger partial charge in [0.15, 0.2) is 0 Å². The van der Waals surface area contributed by atoms with Crippen LogP contribution >= 0.6 is 11.8 Å². The highest BCUT2D eigenvalue weighted by atomic mass is 32.2.